The van der Waals surface area contributed by atoms with E-state index in [0.717, 1.165) is 23.6 Å². The van der Waals surface area contributed by atoms with Crippen molar-refractivity contribution in [3.05, 3.63) is 78.0 Å². The normalized spacial score (nSPS) is 10.3. The maximum absolute atomic E-state index is 13.6. The number of rotatable bonds is 6. The molecule has 0 radical (unpaired) electrons. The van der Waals surface area contributed by atoms with E-state index in [4.69, 9.17) is 4.74 Å². The molecule has 2 aromatic carbocycles. The van der Waals surface area contributed by atoms with Crippen LogP contribution in [-0.2, 0) is 0 Å². The summed E-state index contributed by atoms with van der Waals surface area (Å²) in [5.41, 5.74) is 0.963. The number of amides is 1. The molecule has 7 heteroatoms. The van der Waals surface area contributed by atoms with Gasteiger partial charge in [0.2, 0.25) is 0 Å². The summed E-state index contributed by atoms with van der Waals surface area (Å²) in [4.78, 5) is 16.3. The smallest absolute Gasteiger partial charge is 0.257 e. The molecule has 0 fully saturated rings. The van der Waals surface area contributed by atoms with Gasteiger partial charge in [0.05, 0.1) is 17.9 Å². The van der Waals surface area contributed by atoms with Crippen LogP contribution in [0.3, 0.4) is 0 Å². The molecule has 2 N–H and O–H groups in total. The van der Waals surface area contributed by atoms with Gasteiger partial charge in [-0.25, -0.2) is 13.8 Å². The molecule has 1 aromatic heterocycles. The van der Waals surface area contributed by atoms with Gasteiger partial charge in [0.25, 0.3) is 5.91 Å². The Kier molecular flexibility index (Phi) is 5.61. The Morgan fingerprint density at radius 1 is 1.07 bits per heavy atom. The van der Waals surface area contributed by atoms with Gasteiger partial charge in [0.1, 0.15) is 23.2 Å². The van der Waals surface area contributed by atoms with Crippen LogP contribution in [0.4, 0.5) is 26.0 Å². The second-order valence-corrected chi connectivity index (χ2v) is 5.59. The van der Waals surface area contributed by atoms with E-state index < -0.39 is 17.5 Å². The fourth-order valence-corrected chi connectivity index (χ4v) is 2.34. The number of anilines is 3. The Morgan fingerprint density at radius 2 is 1.85 bits per heavy atom. The van der Waals surface area contributed by atoms with E-state index in [-0.39, 0.29) is 11.3 Å². The van der Waals surface area contributed by atoms with Crippen LogP contribution in [0.1, 0.15) is 17.3 Å². The maximum atomic E-state index is 13.6. The zero-order valence-electron chi connectivity index (χ0n) is 14.5. The van der Waals surface area contributed by atoms with E-state index in [2.05, 4.69) is 15.6 Å². The number of benzene rings is 2. The van der Waals surface area contributed by atoms with Crippen LogP contribution in [0.2, 0.25) is 0 Å². The van der Waals surface area contributed by atoms with Gasteiger partial charge in [-0.3, -0.25) is 4.79 Å². The molecule has 138 valence electrons. The van der Waals surface area contributed by atoms with Gasteiger partial charge in [-0.1, -0.05) is 0 Å². The van der Waals surface area contributed by atoms with Crippen molar-refractivity contribution in [1.29, 1.82) is 0 Å². The van der Waals surface area contributed by atoms with Crippen LogP contribution in [0.5, 0.6) is 5.75 Å². The van der Waals surface area contributed by atoms with Crippen molar-refractivity contribution in [2.24, 2.45) is 0 Å². The standard InChI is InChI=1S/C20H17F2N3O2/c1-2-27-16-7-5-15(6-8-16)24-19-10-3-13(12-23-19)20(26)25-18-9-4-14(21)11-17(18)22/h3-12H,2H2,1H3,(H,23,24)(H,25,26). The van der Waals surface area contributed by atoms with E-state index in [1.165, 1.54) is 6.20 Å². The first-order chi connectivity index (χ1) is 13.0. The summed E-state index contributed by atoms with van der Waals surface area (Å²) in [6, 6.07) is 13.5. The first-order valence-corrected chi connectivity index (χ1v) is 8.27. The van der Waals surface area contributed by atoms with Crippen LogP contribution in [0.25, 0.3) is 0 Å². The summed E-state index contributed by atoms with van der Waals surface area (Å²) in [6.07, 6.45) is 1.37. The molecule has 0 saturated heterocycles. The molecule has 0 spiro atoms. The number of pyridine rings is 1. The Hall–Kier alpha value is -3.48. The summed E-state index contributed by atoms with van der Waals surface area (Å²) in [7, 11) is 0. The number of carbonyl (C=O) groups is 1. The van der Waals surface area contributed by atoms with Gasteiger partial charge >= 0.3 is 0 Å². The maximum Gasteiger partial charge on any atom is 0.257 e. The average Bonchev–Trinajstić information content (AvgIpc) is 2.66. The van der Waals surface area contributed by atoms with Gasteiger partial charge in [-0.05, 0) is 55.5 Å². The van der Waals surface area contributed by atoms with E-state index >= 15 is 0 Å². The van der Waals surface area contributed by atoms with Gasteiger partial charge in [0, 0.05) is 18.0 Å². The lowest BCUT2D eigenvalue weighted by Gasteiger charge is -2.09. The second kappa shape index (κ2) is 8.27. The predicted molar refractivity (Wildman–Crippen MR) is 99.4 cm³/mol. The quantitative estimate of drug-likeness (QED) is 0.658. The third-order valence-electron chi connectivity index (χ3n) is 3.64. The van der Waals surface area contributed by atoms with Gasteiger partial charge < -0.3 is 15.4 Å². The largest absolute Gasteiger partial charge is 0.494 e. The molecule has 1 amide bonds. The number of carbonyl (C=O) groups excluding carboxylic acids is 1. The lowest BCUT2D eigenvalue weighted by atomic mass is 10.2. The second-order valence-electron chi connectivity index (χ2n) is 5.59. The van der Waals surface area contributed by atoms with E-state index in [1.807, 2.05) is 31.2 Å². The summed E-state index contributed by atoms with van der Waals surface area (Å²) in [5.74, 6) is -0.776. The molecule has 5 nitrogen and oxygen atoms in total. The Balaban J connectivity index is 1.64. The fraction of sp³-hybridized carbons (Fsp3) is 0.100. The van der Waals surface area contributed by atoms with Crippen LogP contribution in [0, 0.1) is 11.6 Å². The molecule has 3 rings (SSSR count). The lowest BCUT2D eigenvalue weighted by molar-refractivity contribution is 0.102. The Morgan fingerprint density at radius 3 is 2.48 bits per heavy atom. The molecule has 0 atom stereocenters. The average molecular weight is 369 g/mol. The van der Waals surface area contributed by atoms with E-state index in [9.17, 15) is 13.6 Å². The zero-order valence-corrected chi connectivity index (χ0v) is 14.5. The number of nitrogens with one attached hydrogen (secondary N) is 2. The van der Waals surface area contributed by atoms with E-state index in [1.54, 1.807) is 12.1 Å². The van der Waals surface area contributed by atoms with E-state index in [0.29, 0.717) is 18.5 Å². The minimum Gasteiger partial charge on any atom is -0.494 e. The van der Waals surface area contributed by atoms with Crippen LogP contribution < -0.4 is 15.4 Å². The molecule has 0 bridgehead atoms. The highest BCUT2D eigenvalue weighted by atomic mass is 19.1. The highest BCUT2D eigenvalue weighted by Gasteiger charge is 2.10. The topological polar surface area (TPSA) is 63.2 Å². The summed E-state index contributed by atoms with van der Waals surface area (Å²) < 4.78 is 31.9. The monoisotopic (exact) mass is 369 g/mol. The van der Waals surface area contributed by atoms with Crippen molar-refractivity contribution in [3.63, 3.8) is 0 Å². The third-order valence-corrected chi connectivity index (χ3v) is 3.64. The van der Waals surface area contributed by atoms with Gasteiger partial charge in [-0.15, -0.1) is 0 Å². The fourth-order valence-electron chi connectivity index (χ4n) is 2.34. The first kappa shape index (κ1) is 18.3. The minimum absolute atomic E-state index is 0.0991. The summed E-state index contributed by atoms with van der Waals surface area (Å²) in [6.45, 7) is 2.51. The number of hydrogen-bond donors (Lipinski definition) is 2. The molecular weight excluding hydrogens is 352 g/mol. The number of nitrogens with zero attached hydrogens (tertiary/aromatic N) is 1. The molecule has 0 aliphatic carbocycles. The number of hydrogen-bond acceptors (Lipinski definition) is 4. The van der Waals surface area contributed by atoms with Gasteiger partial charge in [0.15, 0.2) is 0 Å². The van der Waals surface area contributed by atoms with Crippen molar-refractivity contribution in [2.75, 3.05) is 17.2 Å². The Labute approximate surface area is 155 Å². The number of aromatic nitrogens is 1. The molecule has 0 aliphatic heterocycles. The highest BCUT2D eigenvalue weighted by Crippen LogP contribution is 2.20. The first-order valence-electron chi connectivity index (χ1n) is 8.27. The molecule has 0 saturated carbocycles. The lowest BCUT2D eigenvalue weighted by Crippen LogP contribution is -2.13. The zero-order chi connectivity index (χ0) is 19.2. The Bertz CT molecular complexity index is 929. The van der Waals surface area contributed by atoms with Crippen molar-refractivity contribution < 1.29 is 18.3 Å². The van der Waals surface area contributed by atoms with Crippen molar-refractivity contribution in [2.45, 2.75) is 6.92 Å². The molecule has 3 aromatic rings. The van der Waals surface area contributed by atoms with Gasteiger partial charge in [-0.2, -0.15) is 0 Å². The van der Waals surface area contributed by atoms with Crippen molar-refractivity contribution >= 4 is 23.1 Å². The SMILES string of the molecule is CCOc1ccc(Nc2ccc(C(=O)Nc3ccc(F)cc3F)cn2)cc1. The van der Waals surface area contributed by atoms with Crippen molar-refractivity contribution in [1.82, 2.24) is 4.98 Å². The summed E-state index contributed by atoms with van der Waals surface area (Å²) in [5, 5.41) is 5.49. The molecular formula is C20H17F2N3O2. The minimum atomic E-state index is -0.843. The number of halogens is 2. The molecule has 0 unspecified atom stereocenters. The number of ether oxygens (including phenoxy) is 1. The van der Waals surface area contributed by atoms with Crippen LogP contribution >= 0.6 is 0 Å². The van der Waals surface area contributed by atoms with Crippen molar-refractivity contribution in [3.8, 4) is 5.75 Å². The van der Waals surface area contributed by atoms with Crippen LogP contribution in [0.15, 0.2) is 60.8 Å². The molecule has 27 heavy (non-hydrogen) atoms. The van der Waals surface area contributed by atoms with Crippen LogP contribution in [-0.4, -0.2) is 17.5 Å². The highest BCUT2D eigenvalue weighted by molar-refractivity contribution is 6.04. The molecule has 0 aliphatic rings. The third kappa shape index (κ3) is 4.78. The predicted octanol–water partition coefficient (Wildman–Crippen LogP) is 4.75. The summed E-state index contributed by atoms with van der Waals surface area (Å²) >= 11 is 0. The molecule has 1 heterocycles.